The molecule has 0 N–H and O–H groups in total. The molecule has 0 spiro atoms. The van der Waals surface area contributed by atoms with Gasteiger partial charge in [0.25, 0.3) is 0 Å². The van der Waals surface area contributed by atoms with Gasteiger partial charge in [0.15, 0.2) is 0 Å². The summed E-state index contributed by atoms with van der Waals surface area (Å²) in [7, 11) is 0. The molecule has 0 aliphatic carbocycles. The van der Waals surface area contributed by atoms with Crippen LogP contribution in [-0.2, 0) is 13.0 Å². The highest BCUT2D eigenvalue weighted by atomic mass is 32.1. The van der Waals surface area contributed by atoms with E-state index in [4.69, 9.17) is 0 Å². The lowest BCUT2D eigenvalue weighted by atomic mass is 10.2. The quantitative estimate of drug-likeness (QED) is 0.767. The Hall–Kier alpha value is -1.23. The van der Waals surface area contributed by atoms with Crippen molar-refractivity contribution < 1.29 is 0 Å². The molecule has 74 valence electrons. The average molecular weight is 208 g/mol. The SMILES string of the molecule is Cc1ncsc1CCCn1cnnc1. The molecular weight excluding hydrogens is 196 g/mol. The molecule has 0 aliphatic rings. The number of rotatable bonds is 4. The first-order valence-corrected chi connectivity index (χ1v) is 5.45. The summed E-state index contributed by atoms with van der Waals surface area (Å²) in [6.07, 6.45) is 5.70. The molecule has 0 saturated carbocycles. The zero-order valence-corrected chi connectivity index (χ0v) is 8.87. The topological polar surface area (TPSA) is 43.6 Å². The molecule has 0 aromatic carbocycles. The maximum atomic E-state index is 4.22. The molecule has 0 saturated heterocycles. The second-order valence-electron chi connectivity index (χ2n) is 3.16. The number of hydrogen-bond acceptors (Lipinski definition) is 4. The zero-order chi connectivity index (χ0) is 9.80. The van der Waals surface area contributed by atoms with Crippen molar-refractivity contribution in [2.45, 2.75) is 26.3 Å². The molecular formula is C9H12N4S. The van der Waals surface area contributed by atoms with Crippen LogP contribution in [0.2, 0.25) is 0 Å². The summed E-state index contributed by atoms with van der Waals surface area (Å²) in [5, 5.41) is 7.52. The van der Waals surface area contributed by atoms with Crippen LogP contribution in [0.1, 0.15) is 17.0 Å². The predicted molar refractivity (Wildman–Crippen MR) is 55.2 cm³/mol. The van der Waals surface area contributed by atoms with E-state index >= 15 is 0 Å². The van der Waals surface area contributed by atoms with Crippen LogP contribution in [-0.4, -0.2) is 19.7 Å². The van der Waals surface area contributed by atoms with Gasteiger partial charge in [-0.15, -0.1) is 21.5 Å². The molecule has 2 rings (SSSR count). The number of aryl methyl sites for hydroxylation is 3. The second-order valence-corrected chi connectivity index (χ2v) is 4.10. The second kappa shape index (κ2) is 4.32. The van der Waals surface area contributed by atoms with E-state index in [9.17, 15) is 0 Å². The van der Waals surface area contributed by atoms with E-state index in [0.29, 0.717) is 0 Å². The van der Waals surface area contributed by atoms with Crippen molar-refractivity contribution in [3.63, 3.8) is 0 Å². The Morgan fingerprint density at radius 1 is 1.36 bits per heavy atom. The van der Waals surface area contributed by atoms with E-state index in [1.165, 1.54) is 10.6 Å². The van der Waals surface area contributed by atoms with Crippen LogP contribution in [0.15, 0.2) is 18.2 Å². The van der Waals surface area contributed by atoms with Crippen LogP contribution in [0.3, 0.4) is 0 Å². The van der Waals surface area contributed by atoms with Crippen molar-refractivity contribution in [2.75, 3.05) is 0 Å². The Bertz CT molecular complexity index is 379. The van der Waals surface area contributed by atoms with E-state index < -0.39 is 0 Å². The highest BCUT2D eigenvalue weighted by Crippen LogP contribution is 2.14. The highest BCUT2D eigenvalue weighted by Gasteiger charge is 2.00. The number of aromatic nitrogens is 4. The third kappa shape index (κ3) is 2.17. The predicted octanol–water partition coefficient (Wildman–Crippen LogP) is 1.68. The lowest BCUT2D eigenvalue weighted by Crippen LogP contribution is -1.96. The smallest absolute Gasteiger partial charge is 0.119 e. The largest absolute Gasteiger partial charge is 0.320 e. The molecule has 2 aromatic heterocycles. The third-order valence-corrected chi connectivity index (χ3v) is 3.13. The summed E-state index contributed by atoms with van der Waals surface area (Å²) in [4.78, 5) is 5.61. The van der Waals surface area contributed by atoms with Gasteiger partial charge in [-0.1, -0.05) is 0 Å². The summed E-state index contributed by atoms with van der Waals surface area (Å²) in [6, 6.07) is 0. The normalized spacial score (nSPS) is 10.6. The minimum absolute atomic E-state index is 0.977. The first-order valence-electron chi connectivity index (χ1n) is 4.57. The highest BCUT2D eigenvalue weighted by molar-refractivity contribution is 7.09. The van der Waals surface area contributed by atoms with Crippen LogP contribution < -0.4 is 0 Å². The van der Waals surface area contributed by atoms with Gasteiger partial charge in [-0.05, 0) is 19.8 Å². The molecule has 0 bridgehead atoms. The van der Waals surface area contributed by atoms with Crippen LogP contribution in [0.4, 0.5) is 0 Å². The summed E-state index contributed by atoms with van der Waals surface area (Å²) < 4.78 is 2.00. The standard InChI is InChI=1S/C9H12N4S/c1-8-9(14-7-10-8)3-2-4-13-5-11-12-6-13/h5-7H,2-4H2,1H3. The lowest BCUT2D eigenvalue weighted by Gasteiger charge is -1.99. The average Bonchev–Trinajstić information content (AvgIpc) is 2.78. The fourth-order valence-electron chi connectivity index (χ4n) is 1.33. The van der Waals surface area contributed by atoms with Crippen LogP contribution >= 0.6 is 11.3 Å². The van der Waals surface area contributed by atoms with E-state index in [0.717, 1.165) is 19.4 Å². The Morgan fingerprint density at radius 2 is 2.14 bits per heavy atom. The minimum Gasteiger partial charge on any atom is -0.320 e. The van der Waals surface area contributed by atoms with Crippen molar-refractivity contribution in [1.29, 1.82) is 0 Å². The summed E-state index contributed by atoms with van der Waals surface area (Å²) in [5.41, 5.74) is 3.07. The lowest BCUT2D eigenvalue weighted by molar-refractivity contribution is 0.642. The third-order valence-electron chi connectivity index (χ3n) is 2.13. The number of hydrogen-bond donors (Lipinski definition) is 0. The Kier molecular flexibility index (Phi) is 2.88. The van der Waals surface area contributed by atoms with Gasteiger partial charge < -0.3 is 4.57 Å². The molecule has 0 unspecified atom stereocenters. The van der Waals surface area contributed by atoms with Crippen LogP contribution in [0.25, 0.3) is 0 Å². The van der Waals surface area contributed by atoms with Crippen molar-refractivity contribution >= 4 is 11.3 Å². The number of nitrogens with zero attached hydrogens (tertiary/aromatic N) is 4. The first-order chi connectivity index (χ1) is 6.86. The molecule has 0 amide bonds. The van der Waals surface area contributed by atoms with Crippen LogP contribution in [0.5, 0.6) is 0 Å². The molecule has 0 fully saturated rings. The van der Waals surface area contributed by atoms with Gasteiger partial charge in [0.1, 0.15) is 12.7 Å². The maximum Gasteiger partial charge on any atom is 0.119 e. The van der Waals surface area contributed by atoms with E-state index in [1.54, 1.807) is 24.0 Å². The Labute approximate surface area is 86.6 Å². The molecule has 5 heteroatoms. The van der Waals surface area contributed by atoms with Gasteiger partial charge in [-0.3, -0.25) is 0 Å². The summed E-state index contributed by atoms with van der Waals surface area (Å²) in [6.45, 7) is 3.04. The van der Waals surface area contributed by atoms with Gasteiger partial charge >= 0.3 is 0 Å². The molecule has 2 aromatic rings. The molecule has 0 atom stereocenters. The maximum absolute atomic E-state index is 4.22. The van der Waals surface area contributed by atoms with Crippen molar-refractivity contribution in [2.24, 2.45) is 0 Å². The van der Waals surface area contributed by atoms with Crippen molar-refractivity contribution in [3.8, 4) is 0 Å². The van der Waals surface area contributed by atoms with E-state index in [-0.39, 0.29) is 0 Å². The molecule has 14 heavy (non-hydrogen) atoms. The minimum atomic E-state index is 0.977. The fourth-order valence-corrected chi connectivity index (χ4v) is 2.15. The van der Waals surface area contributed by atoms with Crippen molar-refractivity contribution in [3.05, 3.63) is 28.7 Å². The van der Waals surface area contributed by atoms with Gasteiger partial charge in [0, 0.05) is 11.4 Å². The van der Waals surface area contributed by atoms with Crippen LogP contribution in [0, 0.1) is 6.92 Å². The van der Waals surface area contributed by atoms with Gasteiger partial charge in [-0.25, -0.2) is 4.98 Å². The van der Waals surface area contributed by atoms with E-state index in [2.05, 4.69) is 22.1 Å². The molecule has 0 aliphatic heterocycles. The summed E-state index contributed by atoms with van der Waals surface area (Å²) in [5.74, 6) is 0. The Balaban J connectivity index is 1.81. The monoisotopic (exact) mass is 208 g/mol. The first kappa shape index (κ1) is 9.33. The number of thiazole rings is 1. The van der Waals surface area contributed by atoms with Crippen molar-refractivity contribution in [1.82, 2.24) is 19.7 Å². The Morgan fingerprint density at radius 3 is 2.79 bits per heavy atom. The summed E-state index contributed by atoms with van der Waals surface area (Å²) >= 11 is 1.74. The van der Waals surface area contributed by atoms with Gasteiger partial charge in [0.2, 0.25) is 0 Å². The molecule has 2 heterocycles. The van der Waals surface area contributed by atoms with Gasteiger partial charge in [-0.2, -0.15) is 0 Å². The zero-order valence-electron chi connectivity index (χ0n) is 8.05. The molecule has 4 nitrogen and oxygen atoms in total. The fraction of sp³-hybridized carbons (Fsp3) is 0.444. The van der Waals surface area contributed by atoms with E-state index in [1.807, 2.05) is 10.1 Å². The van der Waals surface area contributed by atoms with Gasteiger partial charge in [0.05, 0.1) is 11.2 Å². The molecule has 0 radical (unpaired) electrons.